The van der Waals surface area contributed by atoms with Crippen LogP contribution in [0.25, 0.3) is 0 Å². The van der Waals surface area contributed by atoms with Gasteiger partial charge in [-0.3, -0.25) is 4.79 Å². The van der Waals surface area contributed by atoms with E-state index in [9.17, 15) is 9.59 Å². The number of carbonyl (C=O) groups excluding carboxylic acids is 2. The van der Waals surface area contributed by atoms with E-state index in [0.29, 0.717) is 6.42 Å². The number of ketones is 1. The minimum absolute atomic E-state index is 0.170. The Hall–Kier alpha value is -0.660. The zero-order valence-electron chi connectivity index (χ0n) is 16.1. The van der Waals surface area contributed by atoms with Crippen LogP contribution < -0.4 is 0 Å². The van der Waals surface area contributed by atoms with Gasteiger partial charge in [-0.05, 0) is 24.7 Å². The van der Waals surface area contributed by atoms with Crippen molar-refractivity contribution in [1.82, 2.24) is 0 Å². The van der Waals surface area contributed by atoms with Crippen molar-refractivity contribution in [2.75, 3.05) is 0 Å². The predicted molar refractivity (Wildman–Crippen MR) is 99.6 cm³/mol. The number of unbranched alkanes of at least 4 members (excludes halogenated alkanes) is 5. The van der Waals surface area contributed by atoms with Crippen molar-refractivity contribution in [2.24, 2.45) is 17.8 Å². The van der Waals surface area contributed by atoms with Gasteiger partial charge in [0.25, 0.3) is 0 Å². The topological polar surface area (TPSA) is 34.1 Å². The van der Waals surface area contributed by atoms with Gasteiger partial charge in [0.2, 0.25) is 0 Å². The van der Waals surface area contributed by atoms with Gasteiger partial charge in [-0.2, -0.15) is 0 Å². The van der Waals surface area contributed by atoms with Crippen LogP contribution in [0.1, 0.15) is 105 Å². The second kappa shape index (κ2) is 14.9. The lowest BCUT2D eigenvalue weighted by molar-refractivity contribution is -0.127. The molecule has 2 unspecified atom stereocenters. The first-order chi connectivity index (χ1) is 11.0. The smallest absolute Gasteiger partial charge is 0.143 e. The standard InChI is InChI=1S/C21H40O2/c1-5-19(4)14-11-12-16-21(23)20(17-22)15-10-8-6-7-9-13-18(2)3/h17-20H,5-16H2,1-4H3. The summed E-state index contributed by atoms with van der Waals surface area (Å²) in [5.74, 6) is 1.38. The van der Waals surface area contributed by atoms with Crippen molar-refractivity contribution < 1.29 is 9.59 Å². The van der Waals surface area contributed by atoms with E-state index in [1.807, 2.05) is 0 Å². The Balaban J connectivity index is 3.67. The zero-order chi connectivity index (χ0) is 17.5. The third kappa shape index (κ3) is 13.5. The fourth-order valence-electron chi connectivity index (χ4n) is 2.93. The summed E-state index contributed by atoms with van der Waals surface area (Å²) in [6, 6.07) is 0. The van der Waals surface area contributed by atoms with Crippen LogP contribution in [-0.4, -0.2) is 12.1 Å². The number of Topliss-reactive ketones (excluding diaryl/α,β-unsaturated/α-hetero) is 1. The van der Waals surface area contributed by atoms with Gasteiger partial charge >= 0.3 is 0 Å². The normalized spacial score (nSPS) is 14.0. The van der Waals surface area contributed by atoms with E-state index in [1.54, 1.807) is 0 Å². The monoisotopic (exact) mass is 324 g/mol. The number of hydrogen-bond acceptors (Lipinski definition) is 2. The molecule has 0 saturated carbocycles. The van der Waals surface area contributed by atoms with Gasteiger partial charge in [-0.1, -0.05) is 85.5 Å². The molecule has 0 aromatic rings. The van der Waals surface area contributed by atoms with Crippen LogP contribution in [0.3, 0.4) is 0 Å². The Morgan fingerprint density at radius 2 is 1.39 bits per heavy atom. The first kappa shape index (κ1) is 22.3. The molecule has 23 heavy (non-hydrogen) atoms. The van der Waals surface area contributed by atoms with E-state index in [-0.39, 0.29) is 11.7 Å². The van der Waals surface area contributed by atoms with E-state index < -0.39 is 0 Å². The van der Waals surface area contributed by atoms with Gasteiger partial charge in [0.15, 0.2) is 0 Å². The first-order valence-corrected chi connectivity index (χ1v) is 9.99. The molecule has 0 aliphatic heterocycles. The molecule has 0 N–H and O–H groups in total. The van der Waals surface area contributed by atoms with Crippen molar-refractivity contribution >= 4 is 12.1 Å². The Labute approximate surface area is 144 Å². The fourth-order valence-corrected chi connectivity index (χ4v) is 2.93. The van der Waals surface area contributed by atoms with Crippen molar-refractivity contribution in [1.29, 1.82) is 0 Å². The van der Waals surface area contributed by atoms with Gasteiger partial charge in [-0.25, -0.2) is 0 Å². The van der Waals surface area contributed by atoms with E-state index in [2.05, 4.69) is 27.7 Å². The maximum atomic E-state index is 12.1. The van der Waals surface area contributed by atoms with E-state index in [1.165, 1.54) is 38.5 Å². The number of rotatable bonds is 16. The maximum Gasteiger partial charge on any atom is 0.143 e. The predicted octanol–water partition coefficient (Wildman–Crippen LogP) is 6.36. The van der Waals surface area contributed by atoms with Crippen LogP contribution in [0, 0.1) is 17.8 Å². The summed E-state index contributed by atoms with van der Waals surface area (Å²) in [7, 11) is 0. The molecule has 2 heteroatoms. The number of carbonyl (C=O) groups is 2. The van der Waals surface area contributed by atoms with Crippen molar-refractivity contribution in [2.45, 2.75) is 105 Å². The van der Waals surface area contributed by atoms with E-state index in [4.69, 9.17) is 0 Å². The summed E-state index contributed by atoms with van der Waals surface area (Å²) >= 11 is 0. The molecule has 0 aromatic carbocycles. The minimum atomic E-state index is -0.339. The Morgan fingerprint density at radius 3 is 1.96 bits per heavy atom. The third-order valence-electron chi connectivity index (χ3n) is 4.94. The fraction of sp³-hybridized carbons (Fsp3) is 0.905. The quantitative estimate of drug-likeness (QED) is 0.188. The molecule has 0 heterocycles. The highest BCUT2D eigenvalue weighted by Gasteiger charge is 2.16. The van der Waals surface area contributed by atoms with Crippen LogP contribution >= 0.6 is 0 Å². The largest absolute Gasteiger partial charge is 0.303 e. The molecule has 0 aromatic heterocycles. The number of hydrogen-bond donors (Lipinski definition) is 0. The second-order valence-corrected chi connectivity index (χ2v) is 7.71. The average Bonchev–Trinajstić information content (AvgIpc) is 2.53. The highest BCUT2D eigenvalue weighted by Crippen LogP contribution is 2.17. The molecule has 0 saturated heterocycles. The molecule has 0 spiro atoms. The highest BCUT2D eigenvalue weighted by molar-refractivity contribution is 5.93. The van der Waals surface area contributed by atoms with Gasteiger partial charge in [0.1, 0.15) is 12.1 Å². The summed E-state index contributed by atoms with van der Waals surface area (Å²) in [4.78, 5) is 23.3. The van der Waals surface area contributed by atoms with Crippen LogP contribution in [0.2, 0.25) is 0 Å². The van der Waals surface area contributed by atoms with Gasteiger partial charge in [0.05, 0.1) is 5.92 Å². The summed E-state index contributed by atoms with van der Waals surface area (Å²) < 4.78 is 0. The minimum Gasteiger partial charge on any atom is -0.303 e. The lowest BCUT2D eigenvalue weighted by atomic mass is 9.93. The van der Waals surface area contributed by atoms with Gasteiger partial charge in [-0.15, -0.1) is 0 Å². The van der Waals surface area contributed by atoms with Crippen LogP contribution in [0.4, 0.5) is 0 Å². The van der Waals surface area contributed by atoms with Gasteiger partial charge in [0, 0.05) is 6.42 Å². The lowest BCUT2D eigenvalue weighted by Crippen LogP contribution is -2.15. The van der Waals surface area contributed by atoms with Crippen molar-refractivity contribution in [3.05, 3.63) is 0 Å². The summed E-state index contributed by atoms with van der Waals surface area (Å²) in [5.41, 5.74) is 0. The lowest BCUT2D eigenvalue weighted by Gasteiger charge is -2.11. The Bertz CT molecular complexity index is 296. The molecule has 0 fully saturated rings. The SMILES string of the molecule is CCC(C)CCCCC(=O)C(C=O)CCCCCCCC(C)C. The molecular formula is C21H40O2. The van der Waals surface area contributed by atoms with E-state index in [0.717, 1.165) is 50.2 Å². The molecule has 2 atom stereocenters. The molecule has 0 radical (unpaired) electrons. The molecule has 136 valence electrons. The third-order valence-corrected chi connectivity index (χ3v) is 4.94. The Kier molecular flexibility index (Phi) is 14.5. The van der Waals surface area contributed by atoms with Gasteiger partial charge < -0.3 is 4.79 Å². The van der Waals surface area contributed by atoms with Crippen LogP contribution in [0.15, 0.2) is 0 Å². The molecule has 0 rings (SSSR count). The maximum absolute atomic E-state index is 12.1. The first-order valence-electron chi connectivity index (χ1n) is 9.99. The Morgan fingerprint density at radius 1 is 0.826 bits per heavy atom. The number of aldehydes is 1. The average molecular weight is 325 g/mol. The molecule has 0 bridgehead atoms. The molecular weight excluding hydrogens is 284 g/mol. The molecule has 2 nitrogen and oxygen atoms in total. The zero-order valence-corrected chi connectivity index (χ0v) is 16.1. The molecule has 0 aliphatic rings. The molecule has 0 aliphatic carbocycles. The summed E-state index contributed by atoms with van der Waals surface area (Å²) in [6.07, 6.45) is 14.0. The molecule has 0 amide bonds. The van der Waals surface area contributed by atoms with Crippen molar-refractivity contribution in [3.8, 4) is 0 Å². The van der Waals surface area contributed by atoms with Crippen molar-refractivity contribution in [3.63, 3.8) is 0 Å². The van der Waals surface area contributed by atoms with Crippen LogP contribution in [0.5, 0.6) is 0 Å². The highest BCUT2D eigenvalue weighted by atomic mass is 16.1. The second-order valence-electron chi connectivity index (χ2n) is 7.71. The summed E-state index contributed by atoms with van der Waals surface area (Å²) in [6.45, 7) is 9.00. The summed E-state index contributed by atoms with van der Waals surface area (Å²) in [5, 5.41) is 0. The van der Waals surface area contributed by atoms with E-state index >= 15 is 0 Å². The van der Waals surface area contributed by atoms with Crippen LogP contribution in [-0.2, 0) is 9.59 Å².